The first-order chi connectivity index (χ1) is 31.2. The third-order valence-electron chi connectivity index (χ3n) is 13.2. The molecule has 2 aliphatic heterocycles. The number of fused-ring (bicyclic) bond motifs is 2. The molecule has 2 aromatic heterocycles. The van der Waals surface area contributed by atoms with E-state index in [0.717, 1.165) is 47.2 Å². The van der Waals surface area contributed by atoms with Gasteiger partial charge in [-0.3, -0.25) is 9.59 Å². The zero-order valence-corrected chi connectivity index (χ0v) is 38.9. The van der Waals surface area contributed by atoms with E-state index in [9.17, 15) is 14.7 Å². The molecule has 4 heterocycles. The molecule has 9 nitrogen and oxygen atoms in total. The van der Waals surface area contributed by atoms with Gasteiger partial charge in [-0.05, 0) is 200 Å². The number of aryl methyl sites for hydroxylation is 4. The highest BCUT2D eigenvalue weighted by Crippen LogP contribution is 2.37. The fourth-order valence-corrected chi connectivity index (χ4v) is 9.99. The molecule has 0 bridgehead atoms. The maximum Gasteiger partial charge on any atom is 0.308 e. The summed E-state index contributed by atoms with van der Waals surface area (Å²) in [7, 11) is 0. The highest BCUT2D eigenvalue weighted by atomic mass is 16.5. The van der Waals surface area contributed by atoms with Crippen molar-refractivity contribution in [2.24, 2.45) is 0 Å². The molecule has 0 unspecified atom stereocenters. The fourth-order valence-electron chi connectivity index (χ4n) is 9.99. The average molecular weight is 867 g/mol. The second kappa shape index (κ2) is 23.0. The number of carbonyl (C=O) groups is 2. The number of piperidine rings is 1. The summed E-state index contributed by atoms with van der Waals surface area (Å²) in [5.74, 6) is 0.771. The summed E-state index contributed by atoms with van der Waals surface area (Å²) in [5, 5.41) is 12.1. The maximum absolute atomic E-state index is 11.5. The molecule has 0 spiro atoms. The van der Waals surface area contributed by atoms with E-state index in [1.807, 2.05) is 54.6 Å². The number of benzene rings is 4. The van der Waals surface area contributed by atoms with Crippen molar-refractivity contribution >= 4 is 33.7 Å². The van der Waals surface area contributed by atoms with Crippen molar-refractivity contribution < 1.29 is 24.2 Å². The van der Waals surface area contributed by atoms with Crippen LogP contribution in [0.5, 0.6) is 17.2 Å². The second-order valence-electron chi connectivity index (χ2n) is 18.0. The van der Waals surface area contributed by atoms with Gasteiger partial charge in [0, 0.05) is 48.7 Å². The van der Waals surface area contributed by atoms with E-state index >= 15 is 0 Å². The maximum atomic E-state index is 11.5. The number of hydrogen-bond acceptors (Lipinski definition) is 7. The first kappa shape index (κ1) is 46.6. The molecule has 2 aliphatic rings. The molecule has 4 aromatic carbocycles. The quantitative estimate of drug-likeness (QED) is 0.0523. The van der Waals surface area contributed by atoms with Crippen molar-refractivity contribution in [3.05, 3.63) is 102 Å². The van der Waals surface area contributed by atoms with Crippen LogP contribution in [-0.2, 0) is 22.7 Å². The van der Waals surface area contributed by atoms with Gasteiger partial charge in [-0.1, -0.05) is 50.3 Å². The van der Waals surface area contributed by atoms with E-state index < -0.39 is 0 Å². The number of unbranched alkanes of at least 4 members (excludes halogenated alkanes) is 6. The Bertz CT molecular complexity index is 2440. The van der Waals surface area contributed by atoms with Crippen molar-refractivity contribution in [2.75, 3.05) is 39.3 Å². The summed E-state index contributed by atoms with van der Waals surface area (Å²) in [6, 6.07) is 29.9. The molecule has 2 saturated heterocycles. The number of hydrogen-bond donors (Lipinski definition) is 1. The summed E-state index contributed by atoms with van der Waals surface area (Å²) in [4.78, 5) is 28.1. The number of para-hydroxylation sites is 1. The highest BCUT2D eigenvalue weighted by Gasteiger charge is 2.19. The monoisotopic (exact) mass is 867 g/mol. The lowest BCUT2D eigenvalue weighted by molar-refractivity contribution is -0.132. The van der Waals surface area contributed by atoms with Crippen LogP contribution in [-0.4, -0.2) is 75.2 Å². The Morgan fingerprint density at radius 1 is 0.500 bits per heavy atom. The van der Waals surface area contributed by atoms with Gasteiger partial charge in [0.15, 0.2) is 0 Å². The van der Waals surface area contributed by atoms with Crippen LogP contribution in [0.1, 0.15) is 108 Å². The van der Waals surface area contributed by atoms with Crippen molar-refractivity contribution in [1.82, 2.24) is 18.9 Å². The van der Waals surface area contributed by atoms with Gasteiger partial charge < -0.3 is 33.5 Å². The number of ether oxygens (including phenoxy) is 2. The van der Waals surface area contributed by atoms with E-state index in [1.54, 1.807) is 12.1 Å². The summed E-state index contributed by atoms with van der Waals surface area (Å²) in [5.41, 5.74) is 9.61. The van der Waals surface area contributed by atoms with E-state index in [1.165, 1.54) is 158 Å². The predicted octanol–water partition coefficient (Wildman–Crippen LogP) is 12.5. The molecule has 0 saturated carbocycles. The first-order valence-electron chi connectivity index (χ1n) is 24.1. The minimum Gasteiger partial charge on any atom is -0.508 e. The lowest BCUT2D eigenvalue weighted by Gasteiger charge is -2.26. The number of phenols is 1. The molecule has 8 rings (SSSR count). The van der Waals surface area contributed by atoms with Gasteiger partial charge in [0.1, 0.15) is 17.2 Å². The number of rotatable bonds is 18. The Kier molecular flexibility index (Phi) is 16.7. The molecule has 0 radical (unpaired) electrons. The predicted molar refractivity (Wildman–Crippen MR) is 261 cm³/mol. The second-order valence-corrected chi connectivity index (χ2v) is 18.0. The van der Waals surface area contributed by atoms with E-state index in [2.05, 4.69) is 57.0 Å². The zero-order chi connectivity index (χ0) is 44.8. The van der Waals surface area contributed by atoms with Crippen LogP contribution >= 0.6 is 0 Å². The molecule has 6 aromatic rings. The smallest absolute Gasteiger partial charge is 0.308 e. The molecule has 340 valence electrons. The third kappa shape index (κ3) is 12.2. The number of phenolic OH excluding ortho intramolecular Hbond substituents is 1. The average Bonchev–Trinajstić information content (AvgIpc) is 3.99. The van der Waals surface area contributed by atoms with Crippen LogP contribution < -0.4 is 9.47 Å². The molecular weight excluding hydrogens is 797 g/mol. The van der Waals surface area contributed by atoms with Crippen LogP contribution in [0, 0.1) is 13.8 Å². The molecule has 1 N–H and O–H groups in total. The SMILES string of the molecule is CC(=O)Oc1ccc(-c2c(C)c3cc(OC(C)=O)ccc3n2CCCCCCN2CCCCC2)cc1.Cc1c(-c2ccc(O)cc2)n(CCCCCCN2CCCC2)c2ccccc12. The molecule has 0 aliphatic carbocycles. The number of aromatic nitrogens is 2. The largest absolute Gasteiger partial charge is 0.508 e. The van der Waals surface area contributed by atoms with Crippen LogP contribution in [0.25, 0.3) is 44.3 Å². The Labute approximate surface area is 381 Å². The van der Waals surface area contributed by atoms with Crippen molar-refractivity contribution in [3.8, 4) is 39.8 Å². The van der Waals surface area contributed by atoms with Crippen molar-refractivity contribution in [3.63, 3.8) is 0 Å². The van der Waals surface area contributed by atoms with E-state index in [-0.39, 0.29) is 11.9 Å². The number of carbonyl (C=O) groups excluding carboxylic acids is 2. The van der Waals surface area contributed by atoms with Crippen LogP contribution in [0.3, 0.4) is 0 Å². The van der Waals surface area contributed by atoms with Gasteiger partial charge in [0.2, 0.25) is 0 Å². The van der Waals surface area contributed by atoms with Gasteiger partial charge in [-0.2, -0.15) is 0 Å². The Morgan fingerprint density at radius 2 is 0.938 bits per heavy atom. The van der Waals surface area contributed by atoms with Gasteiger partial charge in [-0.15, -0.1) is 0 Å². The minimum absolute atomic E-state index is 0.321. The van der Waals surface area contributed by atoms with E-state index in [0.29, 0.717) is 17.2 Å². The van der Waals surface area contributed by atoms with Gasteiger partial charge >= 0.3 is 11.9 Å². The molecule has 0 amide bonds. The van der Waals surface area contributed by atoms with Crippen LogP contribution in [0.2, 0.25) is 0 Å². The number of nitrogens with zero attached hydrogens (tertiary/aromatic N) is 4. The number of likely N-dealkylation sites (tertiary alicyclic amines) is 2. The van der Waals surface area contributed by atoms with Crippen LogP contribution in [0.15, 0.2) is 91.0 Å². The van der Waals surface area contributed by atoms with E-state index in [4.69, 9.17) is 9.47 Å². The highest BCUT2D eigenvalue weighted by molar-refractivity contribution is 5.93. The summed E-state index contributed by atoms with van der Waals surface area (Å²) < 4.78 is 15.5. The Morgan fingerprint density at radius 3 is 1.48 bits per heavy atom. The normalized spacial score (nSPS) is 14.5. The lowest BCUT2D eigenvalue weighted by atomic mass is 10.1. The van der Waals surface area contributed by atoms with Gasteiger partial charge in [0.25, 0.3) is 0 Å². The fraction of sp³-hybridized carbons (Fsp3) is 0.455. The number of esters is 2. The molecule has 0 atom stereocenters. The molecule has 2 fully saturated rings. The molecule has 64 heavy (non-hydrogen) atoms. The van der Waals surface area contributed by atoms with Gasteiger partial charge in [0.05, 0.1) is 11.4 Å². The summed E-state index contributed by atoms with van der Waals surface area (Å²) in [6.45, 7) is 16.8. The standard InChI is InChI=1S/C30H38N2O4.C25H32N2O/c1-22-28-21-27(36-24(3)34)15-16-29(28)32(20-10-5-4-7-17-31-18-8-6-9-19-31)30(22)25-11-13-26(14-12-25)35-23(2)33;1-20-23-10-4-5-11-24(23)27(25(20)21-12-14-22(28)15-13-21)19-7-3-2-6-16-26-17-8-9-18-26/h11-16,21H,4-10,17-20H2,1-3H3;4-5,10-15,28H,2-3,6-9,16-19H2,1H3. The number of aromatic hydroxyl groups is 1. The Hall–Kier alpha value is -5.38. The topological polar surface area (TPSA) is 89.2 Å². The van der Waals surface area contributed by atoms with Crippen molar-refractivity contribution in [1.29, 1.82) is 0 Å². The summed E-state index contributed by atoms with van der Waals surface area (Å²) in [6.07, 6.45) is 16.8. The Balaban J connectivity index is 0.000000197. The van der Waals surface area contributed by atoms with Crippen molar-refractivity contribution in [2.45, 2.75) is 124 Å². The summed E-state index contributed by atoms with van der Waals surface area (Å²) >= 11 is 0. The first-order valence-corrected chi connectivity index (χ1v) is 24.1. The molecular formula is C55H70N4O5. The third-order valence-corrected chi connectivity index (χ3v) is 13.2. The lowest BCUT2D eigenvalue weighted by Crippen LogP contribution is -2.30. The van der Waals surface area contributed by atoms with Gasteiger partial charge in [-0.25, -0.2) is 0 Å². The minimum atomic E-state index is -0.327. The zero-order valence-electron chi connectivity index (χ0n) is 38.9. The van der Waals surface area contributed by atoms with Crippen LogP contribution in [0.4, 0.5) is 0 Å². The molecule has 9 heteroatoms.